The van der Waals surface area contributed by atoms with Crippen LogP contribution in [0, 0.1) is 6.92 Å². The lowest BCUT2D eigenvalue weighted by molar-refractivity contribution is -0.140. The van der Waals surface area contributed by atoms with E-state index in [1.54, 1.807) is 4.57 Å². The van der Waals surface area contributed by atoms with Gasteiger partial charge in [-0.25, -0.2) is 0 Å². The van der Waals surface area contributed by atoms with Gasteiger partial charge in [0.1, 0.15) is 0 Å². The predicted molar refractivity (Wildman–Crippen MR) is 93.2 cm³/mol. The minimum Gasteiger partial charge on any atom is -0.466 e. The Hall–Kier alpha value is -2.88. The van der Waals surface area contributed by atoms with Crippen LogP contribution in [-0.2, 0) is 16.0 Å². The van der Waals surface area contributed by atoms with Gasteiger partial charge >= 0.3 is 5.97 Å². The zero-order valence-electron chi connectivity index (χ0n) is 13.8. The van der Waals surface area contributed by atoms with E-state index in [0.717, 1.165) is 22.2 Å². The molecule has 2 aromatic carbocycles. The summed E-state index contributed by atoms with van der Waals surface area (Å²) in [4.78, 5) is 23.8. The monoisotopic (exact) mass is 321 g/mol. The summed E-state index contributed by atoms with van der Waals surface area (Å²) >= 11 is 0. The lowest BCUT2D eigenvalue weighted by Crippen LogP contribution is -2.13. The first kappa shape index (κ1) is 16.0. The van der Waals surface area contributed by atoms with E-state index in [-0.39, 0.29) is 11.9 Å². The Balaban J connectivity index is 2.00. The highest BCUT2D eigenvalue weighted by Gasteiger charge is 2.16. The molecule has 4 nitrogen and oxygen atoms in total. The Morgan fingerprint density at radius 2 is 1.79 bits per heavy atom. The molecule has 0 bridgehead atoms. The second-order valence-corrected chi connectivity index (χ2v) is 5.73. The molecule has 0 atom stereocenters. The molecule has 3 rings (SSSR count). The van der Waals surface area contributed by atoms with Crippen molar-refractivity contribution in [3.8, 4) is 0 Å². The summed E-state index contributed by atoms with van der Waals surface area (Å²) in [5.74, 6) is -0.324. The number of carbonyl (C=O) groups is 2. The number of hydrogen-bond donors (Lipinski definition) is 0. The number of aromatic nitrogens is 1. The van der Waals surface area contributed by atoms with Crippen LogP contribution < -0.4 is 0 Å². The summed E-state index contributed by atoms with van der Waals surface area (Å²) in [6.07, 6.45) is 0.625. The van der Waals surface area contributed by atoms with Crippen molar-refractivity contribution in [2.75, 3.05) is 6.61 Å². The fraction of sp³-hybridized carbons (Fsp3) is 0.200. The van der Waals surface area contributed by atoms with E-state index >= 15 is 0 Å². The number of fused-ring (bicyclic) bond motifs is 1. The van der Waals surface area contributed by atoms with Crippen molar-refractivity contribution in [3.05, 3.63) is 71.4 Å². The average Bonchev–Trinajstić information content (AvgIpc) is 2.91. The zero-order valence-corrected chi connectivity index (χ0v) is 13.8. The third-order valence-electron chi connectivity index (χ3n) is 4.02. The quantitative estimate of drug-likeness (QED) is 0.688. The molecular weight excluding hydrogens is 302 g/mol. The summed E-state index contributed by atoms with van der Waals surface area (Å²) < 4.78 is 6.77. The first-order chi connectivity index (χ1) is 11.6. The molecule has 4 heteroatoms. The Morgan fingerprint density at radius 1 is 1.04 bits per heavy atom. The van der Waals surface area contributed by atoms with Crippen LogP contribution in [0.1, 0.15) is 28.5 Å². The maximum absolute atomic E-state index is 12.9. The van der Waals surface area contributed by atoms with Crippen LogP contribution in [0.25, 0.3) is 10.9 Å². The van der Waals surface area contributed by atoms with E-state index in [4.69, 9.17) is 4.74 Å². The fourth-order valence-electron chi connectivity index (χ4n) is 2.93. The topological polar surface area (TPSA) is 48.3 Å². The summed E-state index contributed by atoms with van der Waals surface area (Å²) in [5.41, 5.74) is 3.49. The number of nitrogens with zero attached hydrogens (tertiary/aromatic N) is 1. The number of hydrogen-bond acceptors (Lipinski definition) is 3. The largest absolute Gasteiger partial charge is 0.466 e. The Kier molecular flexibility index (Phi) is 4.47. The number of benzene rings is 2. The van der Waals surface area contributed by atoms with Crippen LogP contribution in [0.2, 0.25) is 0 Å². The molecule has 0 aliphatic carbocycles. The van der Waals surface area contributed by atoms with Crippen LogP contribution in [0.5, 0.6) is 0 Å². The second kappa shape index (κ2) is 6.71. The second-order valence-electron chi connectivity index (χ2n) is 5.73. The van der Waals surface area contributed by atoms with Gasteiger partial charge in [-0.3, -0.25) is 14.2 Å². The highest BCUT2D eigenvalue weighted by atomic mass is 16.5. The van der Waals surface area contributed by atoms with Gasteiger partial charge in [0, 0.05) is 30.0 Å². The van der Waals surface area contributed by atoms with Crippen LogP contribution in [0.3, 0.4) is 0 Å². The summed E-state index contributed by atoms with van der Waals surface area (Å²) in [7, 11) is 0. The van der Waals surface area contributed by atoms with Crippen LogP contribution in [0.4, 0.5) is 0 Å². The van der Waals surface area contributed by atoms with E-state index in [9.17, 15) is 9.59 Å². The SMILES string of the molecule is CC(=O)OCCc1cccc2c1cc(C)n2C(=O)c1ccccc1. The summed E-state index contributed by atoms with van der Waals surface area (Å²) in [6, 6.07) is 17.1. The van der Waals surface area contributed by atoms with Gasteiger partial charge in [-0.15, -0.1) is 0 Å². The van der Waals surface area contributed by atoms with Crippen molar-refractivity contribution in [2.45, 2.75) is 20.3 Å². The molecule has 0 unspecified atom stereocenters. The molecule has 0 aliphatic rings. The van der Waals surface area contributed by atoms with Gasteiger partial charge in [-0.2, -0.15) is 0 Å². The summed E-state index contributed by atoms with van der Waals surface area (Å²) in [5, 5.41) is 1.02. The molecule has 0 amide bonds. The summed E-state index contributed by atoms with van der Waals surface area (Å²) in [6.45, 7) is 3.67. The lowest BCUT2D eigenvalue weighted by atomic mass is 10.1. The average molecular weight is 321 g/mol. The van der Waals surface area contributed by atoms with E-state index in [1.165, 1.54) is 6.92 Å². The van der Waals surface area contributed by atoms with E-state index < -0.39 is 0 Å². The van der Waals surface area contributed by atoms with Gasteiger partial charge in [0.15, 0.2) is 0 Å². The third-order valence-corrected chi connectivity index (χ3v) is 4.02. The molecule has 1 aromatic heterocycles. The third kappa shape index (κ3) is 3.08. The van der Waals surface area contributed by atoms with Crippen molar-refractivity contribution < 1.29 is 14.3 Å². The van der Waals surface area contributed by atoms with Gasteiger partial charge in [-0.1, -0.05) is 30.3 Å². The van der Waals surface area contributed by atoms with Crippen LogP contribution in [0.15, 0.2) is 54.6 Å². The highest BCUT2D eigenvalue weighted by molar-refractivity contribution is 6.03. The molecule has 0 spiro atoms. The van der Waals surface area contributed by atoms with E-state index in [0.29, 0.717) is 18.6 Å². The van der Waals surface area contributed by atoms with Crippen molar-refractivity contribution in [1.82, 2.24) is 4.57 Å². The van der Waals surface area contributed by atoms with Crippen molar-refractivity contribution in [1.29, 1.82) is 0 Å². The molecule has 122 valence electrons. The number of ether oxygens (including phenoxy) is 1. The normalized spacial score (nSPS) is 10.8. The molecular formula is C20H19NO3. The number of rotatable bonds is 4. The fourth-order valence-corrected chi connectivity index (χ4v) is 2.93. The smallest absolute Gasteiger partial charge is 0.302 e. The Bertz CT molecular complexity index is 894. The predicted octanol–water partition coefficient (Wildman–Crippen LogP) is 3.74. The van der Waals surface area contributed by atoms with Crippen molar-refractivity contribution in [2.24, 2.45) is 0 Å². The Labute approximate surface area is 140 Å². The van der Waals surface area contributed by atoms with E-state index in [2.05, 4.69) is 0 Å². The first-order valence-corrected chi connectivity index (χ1v) is 7.91. The molecule has 0 N–H and O–H groups in total. The molecule has 0 radical (unpaired) electrons. The number of esters is 1. The maximum atomic E-state index is 12.9. The molecule has 0 fully saturated rings. The molecule has 24 heavy (non-hydrogen) atoms. The number of carbonyl (C=O) groups excluding carboxylic acids is 2. The van der Waals surface area contributed by atoms with Gasteiger partial charge in [-0.05, 0) is 36.8 Å². The minimum absolute atomic E-state index is 0.0414. The van der Waals surface area contributed by atoms with E-state index in [1.807, 2.05) is 61.5 Å². The van der Waals surface area contributed by atoms with Gasteiger partial charge in [0.05, 0.1) is 12.1 Å². The maximum Gasteiger partial charge on any atom is 0.302 e. The molecule has 0 saturated carbocycles. The van der Waals surface area contributed by atoms with Crippen LogP contribution in [-0.4, -0.2) is 23.1 Å². The zero-order chi connectivity index (χ0) is 17.1. The molecule has 1 heterocycles. The van der Waals surface area contributed by atoms with Crippen molar-refractivity contribution in [3.63, 3.8) is 0 Å². The molecule has 3 aromatic rings. The minimum atomic E-state index is -0.282. The highest BCUT2D eigenvalue weighted by Crippen LogP contribution is 2.25. The molecule has 0 saturated heterocycles. The number of aryl methyl sites for hydroxylation is 1. The van der Waals surface area contributed by atoms with Crippen molar-refractivity contribution >= 4 is 22.8 Å². The first-order valence-electron chi connectivity index (χ1n) is 7.91. The Morgan fingerprint density at radius 3 is 2.50 bits per heavy atom. The van der Waals surface area contributed by atoms with Crippen LogP contribution >= 0.6 is 0 Å². The van der Waals surface area contributed by atoms with Gasteiger partial charge in [0.25, 0.3) is 5.91 Å². The molecule has 0 aliphatic heterocycles. The van der Waals surface area contributed by atoms with Gasteiger partial charge in [0.2, 0.25) is 0 Å². The standard InChI is InChI=1S/C20H19NO3/c1-14-13-18-16(11-12-24-15(2)22)9-6-10-19(18)21(14)20(23)17-7-4-3-5-8-17/h3-10,13H,11-12H2,1-2H3. The van der Waals surface area contributed by atoms with Gasteiger partial charge < -0.3 is 4.74 Å². The lowest BCUT2D eigenvalue weighted by Gasteiger charge is -2.08.